The molecular weight excluding hydrogens is 556 g/mol. The lowest BCUT2D eigenvalue weighted by atomic mass is 9.88. The SMILES string of the molecule is Cc1ccc(S(=O)(=O)Nc2cc(C(=O)CC(C)(C)C)ccc2Oc2cc(F)c(CC(=O)O)cc2Cl)c(Cl)c1. The lowest BCUT2D eigenvalue weighted by Gasteiger charge is -2.19. The summed E-state index contributed by atoms with van der Waals surface area (Å²) < 4.78 is 49.2. The Hall–Kier alpha value is -3.14. The van der Waals surface area contributed by atoms with E-state index in [1.807, 2.05) is 20.8 Å². The number of carbonyl (C=O) groups is 2. The lowest BCUT2D eigenvalue weighted by molar-refractivity contribution is -0.136. The molecule has 0 aromatic heterocycles. The number of hydrogen-bond acceptors (Lipinski definition) is 5. The Kier molecular flexibility index (Phi) is 8.75. The molecule has 0 aliphatic carbocycles. The van der Waals surface area contributed by atoms with E-state index in [0.717, 1.165) is 17.7 Å². The maximum absolute atomic E-state index is 14.5. The van der Waals surface area contributed by atoms with Crippen LogP contribution in [0.3, 0.4) is 0 Å². The van der Waals surface area contributed by atoms with E-state index in [9.17, 15) is 22.4 Å². The Morgan fingerprint density at radius 3 is 2.29 bits per heavy atom. The number of carboxylic acids is 1. The zero-order valence-corrected chi connectivity index (χ0v) is 23.4. The summed E-state index contributed by atoms with van der Waals surface area (Å²) in [6.07, 6.45) is -0.385. The van der Waals surface area contributed by atoms with Gasteiger partial charge in [-0.25, -0.2) is 12.8 Å². The van der Waals surface area contributed by atoms with Crippen LogP contribution in [0.15, 0.2) is 53.4 Å². The van der Waals surface area contributed by atoms with Crippen LogP contribution in [0, 0.1) is 18.2 Å². The third-order valence-electron chi connectivity index (χ3n) is 5.28. The largest absolute Gasteiger partial charge is 0.481 e. The highest BCUT2D eigenvalue weighted by molar-refractivity contribution is 7.92. The number of Topliss-reactive ketones (excluding diaryl/α,β-unsaturated/α-hetero) is 1. The second-order valence-electron chi connectivity index (χ2n) is 9.96. The number of hydrogen-bond donors (Lipinski definition) is 2. The summed E-state index contributed by atoms with van der Waals surface area (Å²) in [6, 6.07) is 10.6. The fourth-order valence-corrected chi connectivity index (χ4v) is 5.43. The number of aryl methyl sites for hydroxylation is 1. The third kappa shape index (κ3) is 7.46. The van der Waals surface area contributed by atoms with Crippen LogP contribution in [-0.2, 0) is 21.2 Å². The number of nitrogens with one attached hydrogen (secondary N) is 1. The van der Waals surface area contributed by atoms with Gasteiger partial charge in [0.25, 0.3) is 10.0 Å². The Bertz CT molecular complexity index is 1520. The van der Waals surface area contributed by atoms with Crippen molar-refractivity contribution in [1.82, 2.24) is 0 Å². The molecule has 3 aromatic carbocycles. The molecule has 0 aliphatic rings. The normalized spacial score (nSPS) is 11.8. The van der Waals surface area contributed by atoms with Gasteiger partial charge in [0, 0.05) is 23.6 Å². The van der Waals surface area contributed by atoms with E-state index in [4.69, 9.17) is 33.0 Å². The van der Waals surface area contributed by atoms with Crippen LogP contribution >= 0.6 is 23.2 Å². The van der Waals surface area contributed by atoms with E-state index in [1.165, 1.54) is 30.3 Å². The smallest absolute Gasteiger partial charge is 0.307 e. The first kappa shape index (κ1) is 29.4. The van der Waals surface area contributed by atoms with Gasteiger partial charge in [-0.15, -0.1) is 0 Å². The molecule has 3 rings (SSSR count). The molecule has 0 unspecified atom stereocenters. The summed E-state index contributed by atoms with van der Waals surface area (Å²) in [7, 11) is -4.24. The Labute approximate surface area is 230 Å². The zero-order valence-electron chi connectivity index (χ0n) is 21.1. The number of halogens is 3. The van der Waals surface area contributed by atoms with Gasteiger partial charge < -0.3 is 9.84 Å². The average Bonchev–Trinajstić information content (AvgIpc) is 2.76. The molecular formula is C27H26Cl2FNO6S. The van der Waals surface area contributed by atoms with Crippen LogP contribution in [0.25, 0.3) is 0 Å². The van der Waals surface area contributed by atoms with E-state index in [-0.39, 0.29) is 60.9 Å². The first-order valence-corrected chi connectivity index (χ1v) is 13.6. The van der Waals surface area contributed by atoms with Crippen molar-refractivity contribution in [3.63, 3.8) is 0 Å². The van der Waals surface area contributed by atoms with E-state index >= 15 is 0 Å². The summed E-state index contributed by atoms with van der Waals surface area (Å²) in [4.78, 5) is 23.7. The molecule has 0 aliphatic heterocycles. The summed E-state index contributed by atoms with van der Waals surface area (Å²) in [5.41, 5.74) is 0.426. The topological polar surface area (TPSA) is 110 Å². The summed E-state index contributed by atoms with van der Waals surface area (Å²) in [6.45, 7) is 7.46. The van der Waals surface area contributed by atoms with E-state index in [1.54, 1.807) is 13.0 Å². The molecule has 2 N–H and O–H groups in total. The van der Waals surface area contributed by atoms with Gasteiger partial charge in [-0.3, -0.25) is 14.3 Å². The second-order valence-corrected chi connectivity index (χ2v) is 12.4. The van der Waals surface area contributed by atoms with Crippen LogP contribution in [-0.4, -0.2) is 25.3 Å². The molecule has 0 spiro atoms. The zero-order chi connectivity index (χ0) is 28.4. The summed E-state index contributed by atoms with van der Waals surface area (Å²) in [5.74, 6) is -2.58. The quantitative estimate of drug-likeness (QED) is 0.257. The average molecular weight is 582 g/mol. The molecule has 38 heavy (non-hydrogen) atoms. The molecule has 202 valence electrons. The van der Waals surface area contributed by atoms with E-state index in [0.29, 0.717) is 0 Å². The molecule has 0 heterocycles. The molecule has 0 fully saturated rings. The maximum atomic E-state index is 14.5. The molecule has 0 bridgehead atoms. The van der Waals surface area contributed by atoms with E-state index in [2.05, 4.69) is 4.72 Å². The van der Waals surface area contributed by atoms with Crippen molar-refractivity contribution in [3.05, 3.63) is 81.1 Å². The van der Waals surface area contributed by atoms with Crippen molar-refractivity contribution >= 4 is 50.7 Å². The van der Waals surface area contributed by atoms with Gasteiger partial charge in [-0.05, 0) is 54.3 Å². The van der Waals surface area contributed by atoms with Crippen LogP contribution < -0.4 is 9.46 Å². The highest BCUT2D eigenvalue weighted by Gasteiger charge is 2.24. The van der Waals surface area contributed by atoms with Gasteiger partial charge in [0.2, 0.25) is 0 Å². The molecule has 3 aromatic rings. The number of ketones is 1. The van der Waals surface area contributed by atoms with Crippen molar-refractivity contribution in [1.29, 1.82) is 0 Å². The van der Waals surface area contributed by atoms with Crippen LogP contribution in [0.5, 0.6) is 11.5 Å². The van der Waals surface area contributed by atoms with Crippen molar-refractivity contribution in [3.8, 4) is 11.5 Å². The summed E-state index contributed by atoms with van der Waals surface area (Å²) >= 11 is 12.4. The number of aliphatic carboxylic acids is 1. The third-order valence-corrected chi connectivity index (χ3v) is 7.42. The maximum Gasteiger partial charge on any atom is 0.307 e. The number of benzene rings is 3. The molecule has 0 atom stereocenters. The van der Waals surface area contributed by atoms with Gasteiger partial charge in [-0.1, -0.05) is 50.0 Å². The molecule has 0 amide bonds. The molecule has 0 radical (unpaired) electrons. The van der Waals surface area contributed by atoms with Crippen LogP contribution in [0.2, 0.25) is 10.0 Å². The monoisotopic (exact) mass is 581 g/mol. The highest BCUT2D eigenvalue weighted by Crippen LogP contribution is 2.38. The minimum Gasteiger partial charge on any atom is -0.481 e. The van der Waals surface area contributed by atoms with Crippen LogP contribution in [0.4, 0.5) is 10.1 Å². The van der Waals surface area contributed by atoms with E-state index < -0.39 is 28.2 Å². The first-order valence-electron chi connectivity index (χ1n) is 11.4. The Morgan fingerprint density at radius 2 is 1.68 bits per heavy atom. The van der Waals surface area contributed by atoms with Crippen LogP contribution in [0.1, 0.15) is 48.7 Å². The first-order chi connectivity index (χ1) is 17.6. The molecule has 0 saturated heterocycles. The number of carboxylic acid groups (broad SMARTS) is 1. The molecule has 0 saturated carbocycles. The fraction of sp³-hybridized carbons (Fsp3) is 0.259. The minimum atomic E-state index is -4.24. The number of ether oxygens (including phenoxy) is 1. The second kappa shape index (κ2) is 11.3. The fourth-order valence-electron chi connectivity index (χ4n) is 3.54. The standard InChI is InChI=1S/C27H26Cl2FNO6S/c1-15-5-8-25(19(29)9-15)38(35,36)31-21-11-16(22(32)14-27(2,3)4)6-7-23(21)37-24-13-20(30)17(10-18(24)28)12-26(33)34/h5-11,13,31H,12,14H2,1-4H3,(H,33,34). The summed E-state index contributed by atoms with van der Waals surface area (Å²) in [5, 5.41) is 8.87. The lowest BCUT2D eigenvalue weighted by Crippen LogP contribution is -2.16. The predicted molar refractivity (Wildman–Crippen MR) is 145 cm³/mol. The van der Waals surface area contributed by atoms with Gasteiger partial charge >= 0.3 is 5.97 Å². The molecule has 11 heteroatoms. The number of anilines is 1. The number of rotatable bonds is 9. The van der Waals surface area contributed by atoms with Gasteiger partial charge in [0.1, 0.15) is 16.5 Å². The van der Waals surface area contributed by atoms with Gasteiger partial charge in [-0.2, -0.15) is 0 Å². The van der Waals surface area contributed by atoms with Crippen molar-refractivity contribution in [2.24, 2.45) is 5.41 Å². The Morgan fingerprint density at radius 1 is 1.00 bits per heavy atom. The number of sulfonamides is 1. The van der Waals surface area contributed by atoms with Gasteiger partial charge in [0.15, 0.2) is 11.5 Å². The predicted octanol–water partition coefficient (Wildman–Crippen LogP) is 7.28. The number of carbonyl (C=O) groups excluding carboxylic acids is 1. The molecule has 7 nitrogen and oxygen atoms in total. The van der Waals surface area contributed by atoms with Gasteiger partial charge in [0.05, 0.1) is 22.2 Å². The minimum absolute atomic E-state index is 0.000864. The van der Waals surface area contributed by atoms with Crippen molar-refractivity contribution in [2.75, 3.05) is 4.72 Å². The van der Waals surface area contributed by atoms with Crippen molar-refractivity contribution < 1.29 is 32.2 Å². The Balaban J connectivity index is 2.07. The van der Waals surface area contributed by atoms with Crippen molar-refractivity contribution in [2.45, 2.75) is 45.4 Å². The highest BCUT2D eigenvalue weighted by atomic mass is 35.5.